The summed E-state index contributed by atoms with van der Waals surface area (Å²) < 4.78 is 4.85. The zero-order valence-electron chi connectivity index (χ0n) is 5.32. The van der Waals surface area contributed by atoms with Crippen LogP contribution in [0, 0.1) is 6.61 Å². The lowest BCUT2D eigenvalue weighted by molar-refractivity contribution is 0.0809. The van der Waals surface area contributed by atoms with Crippen LogP contribution >= 0.6 is 0 Å². The Kier molecular flexibility index (Phi) is 2.13. The van der Waals surface area contributed by atoms with Crippen LogP contribution in [0.4, 0.5) is 0 Å². The zero-order valence-corrected chi connectivity index (χ0v) is 5.32. The Labute approximate surface area is 58.4 Å². The summed E-state index contributed by atoms with van der Waals surface area (Å²) >= 11 is 0. The molecule has 1 atom stereocenters. The molecule has 1 heterocycles. The molecular weight excluding hydrogens is 136 g/mol. The summed E-state index contributed by atoms with van der Waals surface area (Å²) in [7, 11) is 0. The number of rotatable bonds is 2. The summed E-state index contributed by atoms with van der Waals surface area (Å²) in [5.41, 5.74) is 0. The third-order valence-corrected chi connectivity index (χ3v) is 1.34. The third-order valence-electron chi connectivity index (χ3n) is 1.34. The van der Waals surface area contributed by atoms with Crippen molar-refractivity contribution in [2.75, 3.05) is 6.61 Å². The smallest absolute Gasteiger partial charge is 0.161 e. The molecule has 0 aromatic carbocycles. The third kappa shape index (κ3) is 1.22. The lowest BCUT2D eigenvalue weighted by Gasteiger charge is -2.05. The SMILES string of the molecule is O[CH]CC1OCC(O)=C1O. The van der Waals surface area contributed by atoms with Crippen LogP contribution in [-0.2, 0) is 4.74 Å². The van der Waals surface area contributed by atoms with Gasteiger partial charge < -0.3 is 20.1 Å². The minimum absolute atomic E-state index is 0.0321. The highest BCUT2D eigenvalue weighted by Crippen LogP contribution is 2.19. The normalized spacial score (nSPS) is 25.9. The highest BCUT2D eigenvalue weighted by molar-refractivity contribution is 5.10. The quantitative estimate of drug-likeness (QED) is 0.533. The van der Waals surface area contributed by atoms with Crippen LogP contribution < -0.4 is 0 Å². The molecule has 1 aliphatic rings. The second-order valence-electron chi connectivity index (χ2n) is 2.05. The summed E-state index contributed by atoms with van der Waals surface area (Å²) in [6.45, 7) is 0.920. The summed E-state index contributed by atoms with van der Waals surface area (Å²) in [4.78, 5) is 0. The van der Waals surface area contributed by atoms with Crippen molar-refractivity contribution in [3.05, 3.63) is 18.1 Å². The molecule has 1 aliphatic heterocycles. The fourth-order valence-electron chi connectivity index (χ4n) is 0.794. The van der Waals surface area contributed by atoms with E-state index in [0.717, 1.165) is 6.61 Å². The van der Waals surface area contributed by atoms with Crippen molar-refractivity contribution in [2.45, 2.75) is 12.5 Å². The number of hydrogen-bond acceptors (Lipinski definition) is 4. The van der Waals surface area contributed by atoms with Crippen LogP contribution in [0.3, 0.4) is 0 Å². The van der Waals surface area contributed by atoms with Gasteiger partial charge in [-0.25, -0.2) is 0 Å². The Hall–Kier alpha value is -0.740. The van der Waals surface area contributed by atoms with Crippen molar-refractivity contribution >= 4 is 0 Å². The molecular formula is C6H9O4. The Morgan fingerprint density at radius 1 is 1.60 bits per heavy atom. The van der Waals surface area contributed by atoms with Gasteiger partial charge in [-0.05, 0) is 0 Å². The lowest BCUT2D eigenvalue weighted by Crippen LogP contribution is -2.09. The predicted molar refractivity (Wildman–Crippen MR) is 32.9 cm³/mol. The van der Waals surface area contributed by atoms with E-state index >= 15 is 0 Å². The molecule has 0 bridgehead atoms. The van der Waals surface area contributed by atoms with Crippen LogP contribution in [0.5, 0.6) is 0 Å². The molecule has 0 aromatic rings. The van der Waals surface area contributed by atoms with Gasteiger partial charge in [0.1, 0.15) is 12.7 Å². The molecule has 3 N–H and O–H groups in total. The minimum atomic E-state index is -0.565. The molecule has 1 rings (SSSR count). The lowest BCUT2D eigenvalue weighted by atomic mass is 10.2. The zero-order chi connectivity index (χ0) is 7.56. The first-order valence-electron chi connectivity index (χ1n) is 2.94. The van der Waals surface area contributed by atoms with Crippen molar-refractivity contribution in [2.24, 2.45) is 0 Å². The predicted octanol–water partition coefficient (Wildman–Crippen LogP) is 0.637. The van der Waals surface area contributed by atoms with Crippen LogP contribution in [0.1, 0.15) is 6.42 Å². The number of aliphatic hydroxyl groups is 3. The molecule has 0 saturated heterocycles. The number of ether oxygens (including phenoxy) is 1. The van der Waals surface area contributed by atoms with Gasteiger partial charge in [-0.1, -0.05) is 0 Å². The van der Waals surface area contributed by atoms with E-state index in [9.17, 15) is 0 Å². The van der Waals surface area contributed by atoms with Gasteiger partial charge in [0.15, 0.2) is 11.5 Å². The number of aliphatic hydroxyl groups excluding tert-OH is 3. The van der Waals surface area contributed by atoms with Crippen LogP contribution in [0.25, 0.3) is 0 Å². The highest BCUT2D eigenvalue weighted by atomic mass is 16.5. The summed E-state index contributed by atoms with van der Waals surface area (Å²) in [6, 6.07) is 0. The number of hydrogen-bond donors (Lipinski definition) is 3. The topological polar surface area (TPSA) is 69.9 Å². The van der Waals surface area contributed by atoms with Gasteiger partial charge >= 0.3 is 0 Å². The maximum absolute atomic E-state index is 8.96. The van der Waals surface area contributed by atoms with E-state index in [4.69, 9.17) is 20.1 Å². The second kappa shape index (κ2) is 2.90. The largest absolute Gasteiger partial charge is 0.506 e. The van der Waals surface area contributed by atoms with E-state index in [0.29, 0.717) is 0 Å². The van der Waals surface area contributed by atoms with E-state index in [2.05, 4.69) is 0 Å². The molecule has 1 unspecified atom stereocenters. The van der Waals surface area contributed by atoms with Crippen LogP contribution in [0.15, 0.2) is 11.5 Å². The molecule has 4 heteroatoms. The summed E-state index contributed by atoms with van der Waals surface area (Å²) in [5.74, 6) is -0.322. The van der Waals surface area contributed by atoms with Gasteiger partial charge in [0, 0.05) is 6.42 Å². The van der Waals surface area contributed by atoms with E-state index < -0.39 is 6.10 Å². The molecule has 1 radical (unpaired) electrons. The highest BCUT2D eigenvalue weighted by Gasteiger charge is 2.25. The van der Waals surface area contributed by atoms with Gasteiger partial charge in [-0.2, -0.15) is 0 Å². The van der Waals surface area contributed by atoms with E-state index in [1.54, 1.807) is 0 Å². The molecule has 0 spiro atoms. The van der Waals surface area contributed by atoms with Crippen molar-refractivity contribution in [1.29, 1.82) is 0 Å². The minimum Gasteiger partial charge on any atom is -0.506 e. The maximum Gasteiger partial charge on any atom is 0.161 e. The second-order valence-corrected chi connectivity index (χ2v) is 2.05. The van der Waals surface area contributed by atoms with Gasteiger partial charge in [0.25, 0.3) is 0 Å². The van der Waals surface area contributed by atoms with Gasteiger partial charge in [-0.3, -0.25) is 0 Å². The molecule has 0 aliphatic carbocycles. The fraction of sp³-hybridized carbons (Fsp3) is 0.500. The van der Waals surface area contributed by atoms with Gasteiger partial charge in [-0.15, -0.1) is 0 Å². The maximum atomic E-state index is 8.96. The first-order chi connectivity index (χ1) is 4.75. The van der Waals surface area contributed by atoms with Crippen molar-refractivity contribution < 1.29 is 20.1 Å². The molecule has 10 heavy (non-hydrogen) atoms. The Morgan fingerprint density at radius 3 is 2.70 bits per heavy atom. The van der Waals surface area contributed by atoms with Crippen LogP contribution in [-0.4, -0.2) is 28.0 Å². The van der Waals surface area contributed by atoms with Gasteiger partial charge in [0.2, 0.25) is 0 Å². The summed E-state index contributed by atoms with van der Waals surface area (Å²) in [5, 5.41) is 26.1. The van der Waals surface area contributed by atoms with Crippen LogP contribution in [0.2, 0.25) is 0 Å². The Bertz CT molecular complexity index is 152. The fourth-order valence-corrected chi connectivity index (χ4v) is 0.794. The van der Waals surface area contributed by atoms with Crippen molar-refractivity contribution in [1.82, 2.24) is 0 Å². The first kappa shape index (κ1) is 7.37. The van der Waals surface area contributed by atoms with E-state index in [1.165, 1.54) is 0 Å². The molecule has 0 fully saturated rings. The Morgan fingerprint density at radius 2 is 2.30 bits per heavy atom. The summed E-state index contributed by atoms with van der Waals surface area (Å²) in [6.07, 6.45) is -0.361. The average Bonchev–Trinajstić information content (AvgIpc) is 2.20. The molecule has 0 aromatic heterocycles. The molecule has 57 valence electrons. The Balaban J connectivity index is 2.50. The van der Waals surface area contributed by atoms with E-state index in [-0.39, 0.29) is 24.5 Å². The van der Waals surface area contributed by atoms with Gasteiger partial charge in [0.05, 0.1) is 6.61 Å². The van der Waals surface area contributed by atoms with Crippen molar-refractivity contribution in [3.63, 3.8) is 0 Å². The molecule has 4 nitrogen and oxygen atoms in total. The first-order valence-corrected chi connectivity index (χ1v) is 2.94. The monoisotopic (exact) mass is 145 g/mol. The standard InChI is InChI=1S/C6H9O4/c7-2-1-5-6(9)4(8)3-10-5/h2,5,7-9H,1,3H2. The molecule has 0 saturated carbocycles. The van der Waals surface area contributed by atoms with Crippen molar-refractivity contribution in [3.8, 4) is 0 Å². The van der Waals surface area contributed by atoms with E-state index in [1.807, 2.05) is 0 Å². The molecule has 0 amide bonds. The average molecular weight is 145 g/mol.